The summed E-state index contributed by atoms with van der Waals surface area (Å²) in [7, 11) is 1.46. The zero-order valence-electron chi connectivity index (χ0n) is 13.8. The standard InChI is InChI=1S/C19H20FN3O/c1-14-21-9-10-23(14)13-15-3-6-17(7-4-15)22-12-16-5-8-19(24-2)18(20)11-16/h3-11,22H,12-13H2,1-2H3. The van der Waals surface area contributed by atoms with Crippen molar-refractivity contribution in [2.75, 3.05) is 12.4 Å². The SMILES string of the molecule is COc1ccc(CNc2ccc(Cn3ccnc3C)cc2)cc1F. The second-order valence-corrected chi connectivity index (χ2v) is 5.62. The molecule has 1 N–H and O–H groups in total. The zero-order chi connectivity index (χ0) is 16.9. The van der Waals surface area contributed by atoms with Gasteiger partial charge in [-0.1, -0.05) is 18.2 Å². The van der Waals surface area contributed by atoms with Gasteiger partial charge in [0.15, 0.2) is 11.6 Å². The summed E-state index contributed by atoms with van der Waals surface area (Å²) >= 11 is 0. The Morgan fingerprint density at radius 1 is 1.12 bits per heavy atom. The van der Waals surface area contributed by atoms with Gasteiger partial charge in [-0.2, -0.15) is 0 Å². The number of aromatic nitrogens is 2. The molecule has 1 heterocycles. The van der Waals surface area contributed by atoms with Gasteiger partial charge in [-0.05, 0) is 42.3 Å². The van der Waals surface area contributed by atoms with Gasteiger partial charge in [-0.25, -0.2) is 9.37 Å². The molecule has 0 amide bonds. The summed E-state index contributed by atoms with van der Waals surface area (Å²) in [6.45, 7) is 3.35. The van der Waals surface area contributed by atoms with Crippen LogP contribution in [0.4, 0.5) is 10.1 Å². The van der Waals surface area contributed by atoms with E-state index in [9.17, 15) is 4.39 Å². The molecule has 0 atom stereocenters. The number of nitrogens with zero attached hydrogens (tertiary/aromatic N) is 2. The Morgan fingerprint density at radius 2 is 1.88 bits per heavy atom. The molecule has 3 rings (SSSR count). The summed E-state index contributed by atoms with van der Waals surface area (Å²) in [6, 6.07) is 13.2. The minimum atomic E-state index is -0.345. The maximum atomic E-state index is 13.7. The maximum Gasteiger partial charge on any atom is 0.165 e. The van der Waals surface area contributed by atoms with E-state index in [4.69, 9.17) is 4.74 Å². The average Bonchev–Trinajstić information content (AvgIpc) is 2.99. The molecule has 0 bridgehead atoms. The number of ether oxygens (including phenoxy) is 1. The molecule has 3 aromatic rings. The van der Waals surface area contributed by atoms with Gasteiger partial charge in [-0.3, -0.25) is 0 Å². The van der Waals surface area contributed by atoms with Gasteiger partial charge in [0, 0.05) is 31.2 Å². The number of aryl methyl sites for hydroxylation is 1. The third-order valence-electron chi connectivity index (χ3n) is 3.94. The van der Waals surface area contributed by atoms with E-state index < -0.39 is 0 Å². The molecule has 124 valence electrons. The van der Waals surface area contributed by atoms with Crippen LogP contribution in [-0.4, -0.2) is 16.7 Å². The fraction of sp³-hybridized carbons (Fsp3) is 0.211. The fourth-order valence-corrected chi connectivity index (χ4v) is 2.52. The number of imidazole rings is 1. The van der Waals surface area contributed by atoms with Crippen LogP contribution < -0.4 is 10.1 Å². The summed E-state index contributed by atoms with van der Waals surface area (Å²) in [5, 5.41) is 3.30. The molecule has 0 unspecified atom stereocenters. The van der Waals surface area contributed by atoms with Gasteiger partial charge in [0.2, 0.25) is 0 Å². The smallest absolute Gasteiger partial charge is 0.165 e. The van der Waals surface area contributed by atoms with Crippen molar-refractivity contribution in [3.63, 3.8) is 0 Å². The highest BCUT2D eigenvalue weighted by atomic mass is 19.1. The fourth-order valence-electron chi connectivity index (χ4n) is 2.52. The highest BCUT2D eigenvalue weighted by Crippen LogP contribution is 2.19. The molecular weight excluding hydrogens is 305 g/mol. The summed E-state index contributed by atoms with van der Waals surface area (Å²) in [5.74, 6) is 0.916. The van der Waals surface area contributed by atoms with Gasteiger partial charge in [0.05, 0.1) is 7.11 Å². The van der Waals surface area contributed by atoms with Gasteiger partial charge in [0.25, 0.3) is 0 Å². The number of anilines is 1. The Morgan fingerprint density at radius 3 is 2.50 bits per heavy atom. The number of benzene rings is 2. The minimum Gasteiger partial charge on any atom is -0.494 e. The van der Waals surface area contributed by atoms with Crippen molar-refractivity contribution in [2.24, 2.45) is 0 Å². The quantitative estimate of drug-likeness (QED) is 0.744. The molecule has 24 heavy (non-hydrogen) atoms. The van der Waals surface area contributed by atoms with E-state index in [0.29, 0.717) is 6.54 Å². The molecule has 5 heteroatoms. The molecule has 0 radical (unpaired) electrons. The van der Waals surface area contributed by atoms with Gasteiger partial charge >= 0.3 is 0 Å². The van der Waals surface area contributed by atoms with Gasteiger partial charge in [-0.15, -0.1) is 0 Å². The molecule has 0 saturated heterocycles. The first-order valence-electron chi connectivity index (χ1n) is 7.78. The lowest BCUT2D eigenvalue weighted by atomic mass is 10.1. The molecule has 0 saturated carbocycles. The third kappa shape index (κ3) is 3.74. The van der Waals surface area contributed by atoms with E-state index >= 15 is 0 Å². The van der Waals surface area contributed by atoms with Crippen LogP contribution in [0, 0.1) is 12.7 Å². The van der Waals surface area contributed by atoms with Crippen LogP contribution >= 0.6 is 0 Å². The van der Waals surface area contributed by atoms with Crippen molar-refractivity contribution in [1.82, 2.24) is 9.55 Å². The predicted octanol–water partition coefficient (Wildman–Crippen LogP) is 4.00. The molecule has 0 aliphatic rings. The molecule has 2 aromatic carbocycles. The lowest BCUT2D eigenvalue weighted by Gasteiger charge is -2.10. The Hall–Kier alpha value is -2.82. The van der Waals surface area contributed by atoms with E-state index in [0.717, 1.165) is 23.6 Å². The monoisotopic (exact) mass is 325 g/mol. The summed E-state index contributed by atoms with van der Waals surface area (Å²) in [5.41, 5.74) is 3.07. The van der Waals surface area contributed by atoms with Gasteiger partial charge in [0.1, 0.15) is 5.82 Å². The Balaban J connectivity index is 1.60. The summed E-state index contributed by atoms with van der Waals surface area (Å²) < 4.78 is 20.7. The largest absolute Gasteiger partial charge is 0.494 e. The molecular formula is C19H20FN3O. The summed E-state index contributed by atoms with van der Waals surface area (Å²) in [6.07, 6.45) is 3.78. The highest BCUT2D eigenvalue weighted by molar-refractivity contribution is 5.45. The molecule has 0 aliphatic heterocycles. The van der Waals surface area contributed by atoms with Crippen LogP contribution in [-0.2, 0) is 13.1 Å². The lowest BCUT2D eigenvalue weighted by molar-refractivity contribution is 0.386. The Kier molecular flexibility index (Phi) is 4.79. The second kappa shape index (κ2) is 7.17. The third-order valence-corrected chi connectivity index (χ3v) is 3.94. The predicted molar refractivity (Wildman–Crippen MR) is 92.8 cm³/mol. The number of methoxy groups -OCH3 is 1. The van der Waals surface area contributed by atoms with Crippen molar-refractivity contribution in [3.8, 4) is 5.75 Å². The zero-order valence-corrected chi connectivity index (χ0v) is 13.8. The molecule has 0 spiro atoms. The first-order valence-corrected chi connectivity index (χ1v) is 7.78. The first kappa shape index (κ1) is 16.1. The van der Waals surface area contributed by atoms with E-state index in [2.05, 4.69) is 27.0 Å². The number of rotatable bonds is 6. The van der Waals surface area contributed by atoms with Crippen LogP contribution in [0.3, 0.4) is 0 Å². The van der Waals surface area contributed by atoms with E-state index in [-0.39, 0.29) is 11.6 Å². The van der Waals surface area contributed by atoms with E-state index in [1.165, 1.54) is 18.7 Å². The van der Waals surface area contributed by atoms with Crippen LogP contribution in [0.5, 0.6) is 5.75 Å². The lowest BCUT2D eigenvalue weighted by Crippen LogP contribution is -2.02. The molecule has 4 nitrogen and oxygen atoms in total. The van der Waals surface area contributed by atoms with Crippen molar-refractivity contribution in [1.29, 1.82) is 0 Å². The normalized spacial score (nSPS) is 10.6. The number of hydrogen-bond acceptors (Lipinski definition) is 3. The van der Waals surface area contributed by atoms with Crippen LogP contribution in [0.2, 0.25) is 0 Å². The Labute approximate surface area is 140 Å². The number of halogens is 1. The molecule has 0 fully saturated rings. The van der Waals surface area contributed by atoms with Crippen LogP contribution in [0.25, 0.3) is 0 Å². The van der Waals surface area contributed by atoms with Crippen molar-refractivity contribution in [3.05, 3.63) is 77.6 Å². The van der Waals surface area contributed by atoms with E-state index in [1.807, 2.05) is 31.3 Å². The van der Waals surface area contributed by atoms with Crippen LogP contribution in [0.15, 0.2) is 54.9 Å². The highest BCUT2D eigenvalue weighted by Gasteiger charge is 2.04. The van der Waals surface area contributed by atoms with Crippen molar-refractivity contribution < 1.29 is 9.13 Å². The van der Waals surface area contributed by atoms with E-state index in [1.54, 1.807) is 12.3 Å². The van der Waals surface area contributed by atoms with Gasteiger partial charge < -0.3 is 14.6 Å². The second-order valence-electron chi connectivity index (χ2n) is 5.62. The molecule has 0 aliphatic carbocycles. The topological polar surface area (TPSA) is 39.1 Å². The average molecular weight is 325 g/mol. The number of nitrogens with one attached hydrogen (secondary N) is 1. The van der Waals surface area contributed by atoms with Crippen molar-refractivity contribution in [2.45, 2.75) is 20.0 Å². The first-order chi connectivity index (χ1) is 11.7. The maximum absolute atomic E-state index is 13.7. The number of hydrogen-bond donors (Lipinski definition) is 1. The Bertz CT molecular complexity index is 812. The minimum absolute atomic E-state index is 0.262. The van der Waals surface area contributed by atoms with Crippen LogP contribution in [0.1, 0.15) is 17.0 Å². The molecule has 1 aromatic heterocycles. The van der Waals surface area contributed by atoms with Crippen molar-refractivity contribution >= 4 is 5.69 Å². The summed E-state index contributed by atoms with van der Waals surface area (Å²) in [4.78, 5) is 4.22.